The summed E-state index contributed by atoms with van der Waals surface area (Å²) in [5, 5.41) is 3.19. The van der Waals surface area contributed by atoms with E-state index in [1.54, 1.807) is 55.5 Å². The molecule has 1 atom stereocenters. The van der Waals surface area contributed by atoms with Gasteiger partial charge in [0.25, 0.3) is 0 Å². The first-order valence-electron chi connectivity index (χ1n) is 8.31. The molecule has 0 radical (unpaired) electrons. The maximum Gasteiger partial charge on any atom is 0.333 e. The molecule has 1 amide bonds. The molecule has 0 saturated carbocycles. The van der Waals surface area contributed by atoms with Gasteiger partial charge in [-0.2, -0.15) is 0 Å². The Bertz CT molecular complexity index is 759. The summed E-state index contributed by atoms with van der Waals surface area (Å²) in [4.78, 5) is 36.5. The van der Waals surface area contributed by atoms with E-state index >= 15 is 0 Å². The summed E-state index contributed by atoms with van der Waals surface area (Å²) in [6.45, 7) is 1.92. The monoisotopic (exact) mass is 373 g/mol. The molecule has 0 aliphatic rings. The van der Waals surface area contributed by atoms with Crippen LogP contribution in [-0.4, -0.2) is 24.3 Å². The summed E-state index contributed by atoms with van der Waals surface area (Å²) in [6.07, 6.45) is 0.0159. The molecule has 0 bridgehead atoms. The van der Waals surface area contributed by atoms with Crippen molar-refractivity contribution < 1.29 is 19.1 Å². The van der Waals surface area contributed by atoms with Crippen molar-refractivity contribution in [3.8, 4) is 0 Å². The van der Waals surface area contributed by atoms with E-state index in [9.17, 15) is 14.4 Å². The molecule has 2 rings (SSSR count). The highest BCUT2D eigenvalue weighted by Crippen LogP contribution is 2.16. The van der Waals surface area contributed by atoms with Crippen LogP contribution in [-0.2, 0) is 14.3 Å². The van der Waals surface area contributed by atoms with Crippen molar-refractivity contribution in [1.29, 1.82) is 0 Å². The van der Waals surface area contributed by atoms with Crippen LogP contribution in [0, 0.1) is 0 Å². The first kappa shape index (κ1) is 19.7. The van der Waals surface area contributed by atoms with Crippen LogP contribution in [0.4, 0.5) is 0 Å². The molecule has 0 fully saturated rings. The number of benzene rings is 2. The SMILES string of the molecule is CCOC(=O)C(NC(=O)CCC(=O)c1ccc(Cl)cc1)c1ccccc1. The fourth-order valence-corrected chi connectivity index (χ4v) is 2.52. The number of carbonyl (C=O) groups excluding carboxylic acids is 3. The van der Waals surface area contributed by atoms with Gasteiger partial charge in [0.15, 0.2) is 11.8 Å². The van der Waals surface area contributed by atoms with Crippen LogP contribution in [0.15, 0.2) is 54.6 Å². The minimum absolute atomic E-state index is 0.0236. The smallest absolute Gasteiger partial charge is 0.333 e. The Morgan fingerprint density at radius 3 is 2.27 bits per heavy atom. The van der Waals surface area contributed by atoms with Crippen molar-refractivity contribution in [1.82, 2.24) is 5.32 Å². The number of carbonyl (C=O) groups is 3. The predicted octanol–water partition coefficient (Wildman–Crippen LogP) is 3.72. The molecule has 0 aliphatic carbocycles. The molecule has 6 heteroatoms. The lowest BCUT2D eigenvalue weighted by atomic mass is 10.0. The van der Waals surface area contributed by atoms with Gasteiger partial charge in [-0.3, -0.25) is 9.59 Å². The maximum atomic E-state index is 12.2. The molecule has 1 unspecified atom stereocenters. The Balaban J connectivity index is 1.97. The summed E-state index contributed by atoms with van der Waals surface area (Å²) in [7, 11) is 0. The van der Waals surface area contributed by atoms with Crippen LogP contribution in [0.25, 0.3) is 0 Å². The zero-order chi connectivity index (χ0) is 18.9. The summed E-state index contributed by atoms with van der Waals surface area (Å²) in [5.41, 5.74) is 1.12. The third kappa shape index (κ3) is 5.70. The molecular formula is C20H20ClNO4. The number of rotatable bonds is 8. The number of halogens is 1. The van der Waals surface area contributed by atoms with E-state index in [2.05, 4.69) is 5.32 Å². The number of esters is 1. The minimum Gasteiger partial charge on any atom is -0.464 e. The predicted molar refractivity (Wildman–Crippen MR) is 99.0 cm³/mol. The Kier molecular flexibility index (Phi) is 7.36. The minimum atomic E-state index is -0.894. The number of nitrogens with one attached hydrogen (secondary N) is 1. The first-order valence-corrected chi connectivity index (χ1v) is 8.68. The van der Waals surface area contributed by atoms with Gasteiger partial charge in [0.05, 0.1) is 6.61 Å². The fraction of sp³-hybridized carbons (Fsp3) is 0.250. The van der Waals surface area contributed by atoms with Crippen LogP contribution >= 0.6 is 11.6 Å². The van der Waals surface area contributed by atoms with E-state index in [-0.39, 0.29) is 25.2 Å². The molecule has 0 aliphatic heterocycles. The van der Waals surface area contributed by atoms with E-state index in [0.29, 0.717) is 16.1 Å². The Morgan fingerprint density at radius 2 is 1.65 bits per heavy atom. The third-order valence-electron chi connectivity index (χ3n) is 3.71. The lowest BCUT2D eigenvalue weighted by Crippen LogP contribution is -2.35. The molecule has 2 aromatic carbocycles. The van der Waals surface area contributed by atoms with Crippen molar-refractivity contribution in [2.75, 3.05) is 6.61 Å². The molecule has 26 heavy (non-hydrogen) atoms. The summed E-state index contributed by atoms with van der Waals surface area (Å²) < 4.78 is 5.03. The first-order chi connectivity index (χ1) is 12.5. The number of hydrogen-bond donors (Lipinski definition) is 1. The zero-order valence-electron chi connectivity index (χ0n) is 14.4. The lowest BCUT2D eigenvalue weighted by Gasteiger charge is -2.17. The standard InChI is InChI=1S/C20H20ClNO4/c1-2-26-20(25)19(15-6-4-3-5-7-15)22-18(24)13-12-17(23)14-8-10-16(21)11-9-14/h3-11,19H,2,12-13H2,1H3,(H,22,24). The van der Waals surface area contributed by atoms with E-state index < -0.39 is 17.9 Å². The second kappa shape index (κ2) is 9.73. The maximum absolute atomic E-state index is 12.2. The summed E-state index contributed by atoms with van der Waals surface area (Å²) in [5.74, 6) is -1.09. The van der Waals surface area contributed by atoms with Gasteiger partial charge >= 0.3 is 5.97 Å². The van der Waals surface area contributed by atoms with Crippen molar-refractivity contribution in [2.45, 2.75) is 25.8 Å². The quantitative estimate of drug-likeness (QED) is 0.565. The van der Waals surface area contributed by atoms with Crippen LogP contribution in [0.5, 0.6) is 0 Å². The number of amides is 1. The highest BCUT2D eigenvalue weighted by Gasteiger charge is 2.24. The van der Waals surface area contributed by atoms with Gasteiger partial charge in [0, 0.05) is 23.4 Å². The normalized spacial score (nSPS) is 11.5. The van der Waals surface area contributed by atoms with Crippen molar-refractivity contribution >= 4 is 29.3 Å². The average Bonchev–Trinajstić information content (AvgIpc) is 2.65. The second-order valence-corrected chi connectivity index (χ2v) is 6.03. The number of Topliss-reactive ketones (excluding diaryl/α,β-unsaturated/α-hetero) is 1. The van der Waals surface area contributed by atoms with Gasteiger partial charge in [0.2, 0.25) is 5.91 Å². The molecule has 0 spiro atoms. The van der Waals surface area contributed by atoms with E-state index in [1.807, 2.05) is 6.07 Å². The topological polar surface area (TPSA) is 72.5 Å². The zero-order valence-corrected chi connectivity index (χ0v) is 15.2. The molecule has 0 aromatic heterocycles. The molecular weight excluding hydrogens is 354 g/mol. The third-order valence-corrected chi connectivity index (χ3v) is 3.96. The summed E-state index contributed by atoms with van der Waals surface area (Å²) >= 11 is 5.80. The highest BCUT2D eigenvalue weighted by atomic mass is 35.5. The number of hydrogen-bond acceptors (Lipinski definition) is 4. The van der Waals surface area contributed by atoms with Gasteiger partial charge < -0.3 is 10.1 Å². The van der Waals surface area contributed by atoms with E-state index in [0.717, 1.165) is 0 Å². The molecule has 5 nitrogen and oxygen atoms in total. The fourth-order valence-electron chi connectivity index (χ4n) is 2.39. The van der Waals surface area contributed by atoms with Crippen molar-refractivity contribution in [3.05, 3.63) is 70.7 Å². The van der Waals surface area contributed by atoms with Gasteiger partial charge in [0.1, 0.15) is 0 Å². The highest BCUT2D eigenvalue weighted by molar-refractivity contribution is 6.30. The van der Waals surface area contributed by atoms with Gasteiger partial charge in [-0.15, -0.1) is 0 Å². The van der Waals surface area contributed by atoms with Crippen LogP contribution in [0.2, 0.25) is 5.02 Å². The van der Waals surface area contributed by atoms with Crippen LogP contribution in [0.1, 0.15) is 41.7 Å². The van der Waals surface area contributed by atoms with E-state index in [4.69, 9.17) is 16.3 Å². The summed E-state index contributed by atoms with van der Waals surface area (Å²) in [6, 6.07) is 14.4. The van der Waals surface area contributed by atoms with Crippen molar-refractivity contribution in [2.24, 2.45) is 0 Å². The number of ether oxygens (including phenoxy) is 1. The second-order valence-electron chi connectivity index (χ2n) is 5.59. The molecule has 0 heterocycles. The molecule has 2 aromatic rings. The lowest BCUT2D eigenvalue weighted by molar-refractivity contribution is -0.147. The Morgan fingerprint density at radius 1 is 1.00 bits per heavy atom. The van der Waals surface area contributed by atoms with Gasteiger partial charge in [-0.1, -0.05) is 41.9 Å². The van der Waals surface area contributed by atoms with Crippen molar-refractivity contribution in [3.63, 3.8) is 0 Å². The van der Waals surface area contributed by atoms with Crippen LogP contribution < -0.4 is 5.32 Å². The van der Waals surface area contributed by atoms with Crippen LogP contribution in [0.3, 0.4) is 0 Å². The largest absolute Gasteiger partial charge is 0.464 e. The van der Waals surface area contributed by atoms with E-state index in [1.165, 1.54) is 0 Å². The average molecular weight is 374 g/mol. The number of ketones is 1. The Labute approximate surface area is 157 Å². The molecule has 0 saturated heterocycles. The molecule has 136 valence electrons. The van der Waals surface area contributed by atoms with Gasteiger partial charge in [-0.25, -0.2) is 4.79 Å². The Hall–Kier alpha value is -2.66. The molecule has 1 N–H and O–H groups in total. The van der Waals surface area contributed by atoms with Gasteiger partial charge in [-0.05, 0) is 36.8 Å².